The van der Waals surface area contributed by atoms with Gasteiger partial charge in [0.05, 0.1) is 5.70 Å². The highest BCUT2D eigenvalue weighted by Gasteiger charge is 2.04. The van der Waals surface area contributed by atoms with Crippen LogP contribution in [0.15, 0.2) is 55.6 Å². The van der Waals surface area contributed by atoms with Crippen molar-refractivity contribution in [1.82, 2.24) is 20.8 Å². The van der Waals surface area contributed by atoms with E-state index in [2.05, 4.69) is 27.4 Å². The van der Waals surface area contributed by atoms with Gasteiger partial charge in [-0.2, -0.15) is 0 Å². The molecule has 0 aliphatic carbocycles. The Balaban J connectivity index is 1.93. The van der Waals surface area contributed by atoms with Gasteiger partial charge in [0, 0.05) is 35.9 Å². The summed E-state index contributed by atoms with van der Waals surface area (Å²) in [6.07, 6.45) is 6.44. The van der Waals surface area contributed by atoms with Crippen molar-refractivity contribution in [2.45, 2.75) is 0 Å². The van der Waals surface area contributed by atoms with E-state index in [9.17, 15) is 4.79 Å². The van der Waals surface area contributed by atoms with Crippen molar-refractivity contribution in [1.29, 1.82) is 0 Å². The molecule has 5 nitrogen and oxygen atoms in total. The molecule has 1 amide bonds. The summed E-state index contributed by atoms with van der Waals surface area (Å²) in [4.78, 5) is 19.5. The molecule has 0 saturated carbocycles. The number of nitrogens with zero attached hydrogens (tertiary/aromatic N) is 2. The van der Waals surface area contributed by atoms with Crippen LogP contribution in [0.1, 0.15) is 15.9 Å². The van der Waals surface area contributed by atoms with Crippen molar-refractivity contribution in [3.63, 3.8) is 0 Å². The van der Waals surface area contributed by atoms with Crippen LogP contribution < -0.4 is 10.9 Å². The van der Waals surface area contributed by atoms with Gasteiger partial charge >= 0.3 is 0 Å². The van der Waals surface area contributed by atoms with E-state index in [4.69, 9.17) is 0 Å². The van der Waals surface area contributed by atoms with Crippen LogP contribution in [0.5, 0.6) is 0 Å². The first kappa shape index (κ1) is 11.8. The van der Waals surface area contributed by atoms with Gasteiger partial charge in [-0.05, 0) is 24.3 Å². The summed E-state index contributed by atoms with van der Waals surface area (Å²) in [5.41, 5.74) is 7.30. The Morgan fingerprint density at radius 2 is 1.39 bits per heavy atom. The van der Waals surface area contributed by atoms with Gasteiger partial charge in [0.2, 0.25) is 0 Å². The molecule has 90 valence electrons. The first-order chi connectivity index (χ1) is 8.77. The van der Waals surface area contributed by atoms with Crippen LogP contribution in [0.3, 0.4) is 0 Å². The average Bonchev–Trinajstić information content (AvgIpc) is 2.46. The van der Waals surface area contributed by atoms with Crippen molar-refractivity contribution >= 4 is 11.6 Å². The van der Waals surface area contributed by atoms with E-state index >= 15 is 0 Å². The van der Waals surface area contributed by atoms with Gasteiger partial charge in [0.1, 0.15) is 0 Å². The van der Waals surface area contributed by atoms with Crippen molar-refractivity contribution in [3.8, 4) is 0 Å². The number of hydrogen-bond acceptors (Lipinski definition) is 4. The Hall–Kier alpha value is -2.69. The Labute approximate surface area is 105 Å². The second-order valence-corrected chi connectivity index (χ2v) is 3.53. The Bertz CT molecular complexity index is 488. The molecule has 5 heteroatoms. The minimum absolute atomic E-state index is 0.243. The van der Waals surface area contributed by atoms with E-state index in [1.54, 1.807) is 49.1 Å². The van der Waals surface area contributed by atoms with E-state index in [1.807, 2.05) is 0 Å². The van der Waals surface area contributed by atoms with Crippen LogP contribution in [-0.2, 0) is 0 Å². The third-order valence-electron chi connectivity index (χ3n) is 2.30. The molecule has 0 aromatic carbocycles. The number of aromatic nitrogens is 2. The lowest BCUT2D eigenvalue weighted by Crippen LogP contribution is -2.35. The van der Waals surface area contributed by atoms with E-state index in [0.717, 1.165) is 5.56 Å². The molecule has 0 atom stereocenters. The largest absolute Gasteiger partial charge is 0.298 e. The van der Waals surface area contributed by atoms with Crippen molar-refractivity contribution in [3.05, 3.63) is 66.8 Å². The van der Waals surface area contributed by atoms with Crippen LogP contribution in [0.25, 0.3) is 5.70 Å². The second kappa shape index (κ2) is 5.58. The van der Waals surface area contributed by atoms with Crippen molar-refractivity contribution in [2.24, 2.45) is 0 Å². The minimum Gasteiger partial charge on any atom is -0.298 e. The predicted octanol–water partition coefficient (Wildman–Crippen LogP) is 1.38. The van der Waals surface area contributed by atoms with Crippen LogP contribution in [0.4, 0.5) is 0 Å². The first-order valence-electron chi connectivity index (χ1n) is 5.33. The molecule has 18 heavy (non-hydrogen) atoms. The van der Waals surface area contributed by atoms with Gasteiger partial charge in [-0.25, -0.2) is 0 Å². The number of hydrazine groups is 1. The quantitative estimate of drug-likeness (QED) is 0.792. The predicted molar refractivity (Wildman–Crippen MR) is 68.1 cm³/mol. The highest BCUT2D eigenvalue weighted by molar-refractivity contribution is 5.94. The Morgan fingerprint density at radius 3 is 1.94 bits per heavy atom. The molecule has 2 heterocycles. The highest BCUT2D eigenvalue weighted by atomic mass is 16.2. The van der Waals surface area contributed by atoms with E-state index in [0.29, 0.717) is 11.3 Å². The SMILES string of the molecule is C=C(NNC(=O)c1ccncc1)c1ccncc1. The smallest absolute Gasteiger partial charge is 0.269 e. The number of pyridine rings is 2. The summed E-state index contributed by atoms with van der Waals surface area (Å²) >= 11 is 0. The normalized spacial score (nSPS) is 9.56. The third kappa shape index (κ3) is 2.91. The molecule has 0 aliphatic rings. The summed E-state index contributed by atoms with van der Waals surface area (Å²) in [6, 6.07) is 6.86. The zero-order valence-corrected chi connectivity index (χ0v) is 9.63. The molecule has 2 aromatic heterocycles. The van der Waals surface area contributed by atoms with Gasteiger partial charge in [-0.3, -0.25) is 25.6 Å². The van der Waals surface area contributed by atoms with Crippen LogP contribution in [0, 0.1) is 0 Å². The van der Waals surface area contributed by atoms with Gasteiger partial charge in [0.25, 0.3) is 5.91 Å². The van der Waals surface area contributed by atoms with Gasteiger partial charge in [-0.15, -0.1) is 0 Å². The van der Waals surface area contributed by atoms with E-state index in [1.165, 1.54) is 0 Å². The summed E-state index contributed by atoms with van der Waals surface area (Å²) in [5, 5.41) is 0. The van der Waals surface area contributed by atoms with Crippen LogP contribution >= 0.6 is 0 Å². The molecule has 0 saturated heterocycles. The van der Waals surface area contributed by atoms with Gasteiger partial charge in [0.15, 0.2) is 0 Å². The fourth-order valence-electron chi connectivity index (χ4n) is 1.33. The molecular formula is C13H12N4O. The topological polar surface area (TPSA) is 66.9 Å². The average molecular weight is 240 g/mol. The molecule has 0 radical (unpaired) electrons. The maximum absolute atomic E-state index is 11.7. The number of carbonyl (C=O) groups excluding carboxylic acids is 1. The fourth-order valence-corrected chi connectivity index (χ4v) is 1.33. The van der Waals surface area contributed by atoms with Crippen LogP contribution in [0.2, 0.25) is 0 Å². The molecule has 0 aliphatic heterocycles. The summed E-state index contributed by atoms with van der Waals surface area (Å²) in [6.45, 7) is 3.82. The second-order valence-electron chi connectivity index (χ2n) is 3.53. The Kier molecular flexibility index (Phi) is 3.66. The summed E-state index contributed by atoms with van der Waals surface area (Å²) in [5.74, 6) is -0.243. The minimum atomic E-state index is -0.243. The van der Waals surface area contributed by atoms with Gasteiger partial charge in [-0.1, -0.05) is 6.58 Å². The molecule has 2 rings (SSSR count). The van der Waals surface area contributed by atoms with Crippen molar-refractivity contribution in [2.75, 3.05) is 0 Å². The fraction of sp³-hybridized carbons (Fsp3) is 0. The number of carbonyl (C=O) groups is 1. The third-order valence-corrected chi connectivity index (χ3v) is 2.30. The first-order valence-corrected chi connectivity index (χ1v) is 5.33. The highest BCUT2D eigenvalue weighted by Crippen LogP contribution is 2.05. The number of hydrogen-bond donors (Lipinski definition) is 2. The molecule has 0 bridgehead atoms. The number of nitrogens with one attached hydrogen (secondary N) is 2. The Morgan fingerprint density at radius 1 is 0.889 bits per heavy atom. The van der Waals surface area contributed by atoms with E-state index in [-0.39, 0.29) is 5.91 Å². The van der Waals surface area contributed by atoms with E-state index < -0.39 is 0 Å². The molecule has 2 N–H and O–H groups in total. The lowest BCUT2D eigenvalue weighted by Gasteiger charge is -2.10. The lowest BCUT2D eigenvalue weighted by molar-refractivity contribution is 0.0942. The van der Waals surface area contributed by atoms with Gasteiger partial charge < -0.3 is 0 Å². The zero-order valence-electron chi connectivity index (χ0n) is 9.63. The number of amides is 1. The van der Waals surface area contributed by atoms with Crippen LogP contribution in [-0.4, -0.2) is 15.9 Å². The molecule has 2 aromatic rings. The van der Waals surface area contributed by atoms with Crippen molar-refractivity contribution < 1.29 is 4.79 Å². The maximum atomic E-state index is 11.7. The monoisotopic (exact) mass is 240 g/mol. The molecule has 0 unspecified atom stereocenters. The maximum Gasteiger partial charge on any atom is 0.269 e. The molecular weight excluding hydrogens is 228 g/mol. The zero-order chi connectivity index (χ0) is 12.8. The summed E-state index contributed by atoms with van der Waals surface area (Å²) < 4.78 is 0. The number of rotatable bonds is 4. The molecule has 0 fully saturated rings. The molecule has 0 spiro atoms. The summed E-state index contributed by atoms with van der Waals surface area (Å²) in [7, 11) is 0. The standard InChI is InChI=1S/C13H12N4O/c1-10(11-2-6-14-7-3-11)16-17-13(18)12-4-8-15-9-5-12/h2-9,16H,1H2,(H,17,18). The lowest BCUT2D eigenvalue weighted by atomic mass is 10.2.